The van der Waals surface area contributed by atoms with E-state index in [4.69, 9.17) is 22.9 Å². The summed E-state index contributed by atoms with van der Waals surface area (Å²) in [4.78, 5) is 224. The molecule has 0 radical (unpaired) electrons. The van der Waals surface area contributed by atoms with Crippen LogP contribution in [0.1, 0.15) is 110 Å². The standard InChI is InChI=1S/C72H100N18O18S2/c1-35(2)15-20-47(63(99)84-50(25-36(3)4)66(102)87-54(29-59(75)96)62(98)79-32-60(76)97)81-68(104)52(27-40-30-77-45-13-9-7-11-43(40)45)86-67(103)51(26-39-16-18-42(93)19-17-39)85-71(107)56(34-110)89-64(100)48(21-23-57(73)94)82-69(105)53(28-41-31-78-46-14-10-8-12-44(41)46)88-72(108)61(37(5)91)90-65(101)49(22-24-58(74)95)83-70(106)55(33-109)80-38(6)92/h7-14,16-19,30-31,35-37,47-56,61,77-78,91,93,109-110H,15,20-29,32-34H2,1-6H3,(H2,73,94)(H2,74,95)(H2,75,96)(H2,76,97)(H,79,98)(H,80,92)(H,81,104)(H,82,105)(H,83,106)(H,84,99)(H,85,107)(H,86,103)(H,87,102)(H,88,108)(H,89,100)(H,90,101)/t37-,47+,48+,49+,50+,51+,52+,53+,54+,55+,56+,61+/m1/s1. The molecule has 5 rings (SSSR count). The third kappa shape index (κ3) is 29.0. The first-order valence-corrected chi connectivity index (χ1v) is 36.7. The van der Waals surface area contributed by atoms with Crippen LogP contribution in [0.4, 0.5) is 0 Å². The molecule has 598 valence electrons. The molecule has 110 heavy (non-hydrogen) atoms. The number of carbonyl (C=O) groups is 16. The zero-order valence-electron chi connectivity index (χ0n) is 61.7. The van der Waals surface area contributed by atoms with Crippen LogP contribution in [0.5, 0.6) is 5.75 Å². The van der Waals surface area contributed by atoms with Crippen LogP contribution in [0, 0.1) is 11.8 Å². The zero-order valence-corrected chi connectivity index (χ0v) is 63.5. The summed E-state index contributed by atoms with van der Waals surface area (Å²) in [5.74, 6) is -16.7. The van der Waals surface area contributed by atoms with E-state index in [0.29, 0.717) is 44.9 Å². The summed E-state index contributed by atoms with van der Waals surface area (Å²) < 4.78 is 0. The maximum atomic E-state index is 15.2. The van der Waals surface area contributed by atoms with E-state index in [1.165, 1.54) is 30.5 Å². The van der Waals surface area contributed by atoms with Crippen LogP contribution in [-0.4, -0.2) is 205 Å². The molecule has 38 heteroatoms. The van der Waals surface area contributed by atoms with E-state index in [0.717, 1.165) is 13.8 Å². The van der Waals surface area contributed by atoms with Crippen molar-refractivity contribution in [2.75, 3.05) is 18.1 Å². The Morgan fingerprint density at radius 3 is 1.21 bits per heavy atom. The zero-order chi connectivity index (χ0) is 81.6. The minimum atomic E-state index is -1.90. The van der Waals surface area contributed by atoms with Crippen molar-refractivity contribution in [3.05, 3.63) is 102 Å². The van der Waals surface area contributed by atoms with Crippen molar-refractivity contribution in [1.82, 2.24) is 73.8 Å². The summed E-state index contributed by atoms with van der Waals surface area (Å²) in [6.45, 7) is 8.82. The van der Waals surface area contributed by atoms with Crippen LogP contribution in [0.2, 0.25) is 0 Å². The summed E-state index contributed by atoms with van der Waals surface area (Å²) >= 11 is 8.47. The number of aromatic hydroxyl groups is 1. The number of aromatic amines is 2. The van der Waals surface area contributed by atoms with E-state index in [1.807, 2.05) is 13.8 Å². The maximum absolute atomic E-state index is 15.2. The normalized spacial score (nSPS) is 14.5. The van der Waals surface area contributed by atoms with Gasteiger partial charge in [0.25, 0.3) is 0 Å². The summed E-state index contributed by atoms with van der Waals surface area (Å²) in [5, 5.41) is 52.6. The van der Waals surface area contributed by atoms with Gasteiger partial charge in [-0.25, -0.2) is 0 Å². The number of thiol groups is 2. The Balaban J connectivity index is 1.47. The van der Waals surface area contributed by atoms with Crippen LogP contribution < -0.4 is 86.7 Å². The molecule has 0 unspecified atom stereocenters. The van der Waals surface area contributed by atoms with Gasteiger partial charge in [-0.3, -0.25) is 76.7 Å². The molecule has 0 saturated heterocycles. The highest BCUT2D eigenvalue weighted by Crippen LogP contribution is 2.23. The lowest BCUT2D eigenvalue weighted by Gasteiger charge is -2.29. The fraction of sp³-hybridized carbons (Fsp3) is 0.472. The highest BCUT2D eigenvalue weighted by atomic mass is 32.1. The Morgan fingerprint density at radius 2 is 0.782 bits per heavy atom. The fourth-order valence-electron chi connectivity index (χ4n) is 11.6. The molecule has 5 aromatic rings. The van der Waals surface area contributed by atoms with Gasteiger partial charge in [0.15, 0.2) is 0 Å². The van der Waals surface area contributed by atoms with Crippen molar-refractivity contribution in [1.29, 1.82) is 0 Å². The molecule has 2 heterocycles. The summed E-state index contributed by atoms with van der Waals surface area (Å²) in [7, 11) is 0. The number of benzene rings is 3. The van der Waals surface area contributed by atoms with Gasteiger partial charge in [0.2, 0.25) is 94.5 Å². The molecule has 0 fully saturated rings. The van der Waals surface area contributed by atoms with E-state index in [-0.39, 0.29) is 55.4 Å². The molecule has 2 aromatic heterocycles. The Labute approximate surface area is 644 Å². The SMILES string of the molecule is CC(=O)N[C@@H](CS)C(=O)N[C@@H](CCC(N)=O)C(=O)N[C@H](C(=O)N[C@@H](Cc1c[nH]c2ccccc12)C(=O)N[C@@H](CCC(N)=O)C(=O)N[C@@H](CS)C(=O)N[C@@H](Cc1ccc(O)cc1)C(=O)N[C@@H](Cc1c[nH]c2ccccc12)C(=O)N[C@@H](CCC(C)C)C(=O)N[C@@H](CC(C)C)C(=O)N[C@@H](CC(N)=O)C(=O)NCC(N)=O)[C@@H](C)O. The van der Waals surface area contributed by atoms with Gasteiger partial charge < -0.3 is 107 Å². The molecule has 24 N–H and O–H groups in total. The van der Waals surface area contributed by atoms with Crippen LogP contribution in [0.3, 0.4) is 0 Å². The molecule has 0 bridgehead atoms. The predicted octanol–water partition coefficient (Wildman–Crippen LogP) is -3.53. The molecule has 16 amide bonds. The van der Waals surface area contributed by atoms with Gasteiger partial charge in [-0.2, -0.15) is 25.3 Å². The van der Waals surface area contributed by atoms with E-state index < -0.39 is 211 Å². The lowest BCUT2D eigenvalue weighted by Crippen LogP contribution is -2.62. The van der Waals surface area contributed by atoms with Crippen molar-refractivity contribution >= 4 is 142 Å². The number of hydrogen-bond donors (Lipinski definition) is 22. The van der Waals surface area contributed by atoms with Gasteiger partial charge in [-0.1, -0.05) is 76.2 Å². The molecular weight excluding hydrogens is 1470 g/mol. The monoisotopic (exact) mass is 1570 g/mol. The van der Waals surface area contributed by atoms with Crippen molar-refractivity contribution in [3.8, 4) is 5.75 Å². The second-order valence-corrected chi connectivity index (χ2v) is 28.1. The number of para-hydroxylation sites is 2. The second-order valence-electron chi connectivity index (χ2n) is 27.4. The molecule has 0 aliphatic heterocycles. The number of nitrogens with one attached hydrogen (secondary N) is 14. The van der Waals surface area contributed by atoms with Crippen molar-refractivity contribution in [3.63, 3.8) is 0 Å². The lowest BCUT2D eigenvalue weighted by molar-refractivity contribution is -0.137. The number of hydrogen-bond acceptors (Lipinski definition) is 20. The topological polar surface area (TPSA) is 594 Å². The first kappa shape index (κ1) is 89.3. The minimum absolute atomic E-state index is 0.0221. The summed E-state index contributed by atoms with van der Waals surface area (Å²) in [6, 6.07) is 1.87. The largest absolute Gasteiger partial charge is 0.508 e. The second kappa shape index (κ2) is 43.6. The van der Waals surface area contributed by atoms with Gasteiger partial charge in [-0.15, -0.1) is 0 Å². The number of H-pyrrole nitrogens is 2. The Bertz CT molecular complexity index is 4110. The van der Waals surface area contributed by atoms with Crippen LogP contribution in [0.15, 0.2) is 85.2 Å². The fourth-order valence-corrected chi connectivity index (χ4v) is 12.1. The Kier molecular flexibility index (Phi) is 35.5. The number of primary amides is 4. The minimum Gasteiger partial charge on any atom is -0.508 e. The van der Waals surface area contributed by atoms with Gasteiger partial charge in [0.1, 0.15) is 72.2 Å². The van der Waals surface area contributed by atoms with Gasteiger partial charge in [0.05, 0.1) is 19.1 Å². The highest BCUT2D eigenvalue weighted by molar-refractivity contribution is 7.80. The molecule has 0 spiro atoms. The molecule has 12 atom stereocenters. The molecule has 36 nitrogen and oxygen atoms in total. The van der Waals surface area contributed by atoms with Crippen LogP contribution in [-0.2, 0) is 96.0 Å². The number of nitrogens with two attached hydrogens (primary N) is 4. The van der Waals surface area contributed by atoms with E-state index >= 15 is 9.59 Å². The molecule has 0 aliphatic rings. The van der Waals surface area contributed by atoms with Crippen LogP contribution in [0.25, 0.3) is 21.8 Å². The average molecular weight is 1570 g/mol. The first-order chi connectivity index (χ1) is 52.0. The Hall–Kier alpha value is -11.3. The third-order valence-electron chi connectivity index (χ3n) is 17.3. The van der Waals surface area contributed by atoms with E-state index in [9.17, 15) is 77.3 Å². The smallest absolute Gasteiger partial charge is 0.245 e. The number of amides is 16. The number of aromatic nitrogens is 2. The number of fused-ring (bicyclic) bond motifs is 2. The van der Waals surface area contributed by atoms with Crippen molar-refractivity contribution in [2.24, 2.45) is 34.8 Å². The first-order valence-electron chi connectivity index (χ1n) is 35.5. The quantitative estimate of drug-likeness (QED) is 0.0168. The van der Waals surface area contributed by atoms with Crippen molar-refractivity contribution in [2.45, 2.75) is 185 Å². The number of aliphatic hydroxyl groups excluding tert-OH is 1. The number of carbonyl (C=O) groups excluding carboxylic acids is 16. The molecule has 0 aliphatic carbocycles. The van der Waals surface area contributed by atoms with Crippen molar-refractivity contribution < 1.29 is 86.9 Å². The van der Waals surface area contributed by atoms with Gasteiger partial charge in [0, 0.05) is 84.7 Å². The Morgan fingerprint density at radius 1 is 0.400 bits per heavy atom. The molecule has 0 saturated carbocycles. The van der Waals surface area contributed by atoms with E-state index in [1.54, 1.807) is 68.6 Å². The number of phenolic OH excluding ortho intramolecular Hbond substituents is 1. The lowest BCUT2D eigenvalue weighted by atomic mass is 9.98. The highest BCUT2D eigenvalue weighted by Gasteiger charge is 2.39. The summed E-state index contributed by atoms with van der Waals surface area (Å²) in [5.41, 5.74) is 24.1. The summed E-state index contributed by atoms with van der Waals surface area (Å²) in [6.07, 6.45) is -1.91. The average Bonchev–Trinajstić information content (AvgIpc) is 1.66. The van der Waals surface area contributed by atoms with Crippen LogP contribution >= 0.6 is 25.3 Å². The number of phenols is 1. The molecule has 3 aromatic carbocycles. The predicted molar refractivity (Wildman–Crippen MR) is 409 cm³/mol. The number of rotatable bonds is 46. The third-order valence-corrected chi connectivity index (χ3v) is 18.1. The molecular formula is C72H100N18O18S2. The van der Waals surface area contributed by atoms with Gasteiger partial charge in [-0.05, 0) is 91.8 Å². The van der Waals surface area contributed by atoms with Gasteiger partial charge >= 0.3 is 0 Å². The number of aliphatic hydroxyl groups is 1. The van der Waals surface area contributed by atoms with E-state index in [2.05, 4.69) is 99.0 Å². The maximum Gasteiger partial charge on any atom is 0.245 e.